The molecule has 1 aliphatic rings. The normalized spacial score (nSPS) is 13.9. The van der Waals surface area contributed by atoms with Crippen molar-refractivity contribution in [1.82, 2.24) is 24.3 Å². The predicted octanol–water partition coefficient (Wildman–Crippen LogP) is 3.54. The molecule has 0 bridgehead atoms. The molecule has 1 saturated carbocycles. The van der Waals surface area contributed by atoms with Crippen LogP contribution in [0.4, 0.5) is 0 Å². The van der Waals surface area contributed by atoms with Crippen LogP contribution in [0.1, 0.15) is 64.6 Å². The van der Waals surface area contributed by atoms with Crippen molar-refractivity contribution in [2.75, 3.05) is 0 Å². The first-order valence-corrected chi connectivity index (χ1v) is 10.1. The maximum atomic E-state index is 13.3. The number of furan rings is 1. The number of carbonyl (C=O) groups is 1. The van der Waals surface area contributed by atoms with Gasteiger partial charge in [-0.1, -0.05) is 17.8 Å². The highest BCUT2D eigenvalue weighted by atomic mass is 32.1. The summed E-state index contributed by atoms with van der Waals surface area (Å²) in [7, 11) is 1.97. The molecule has 0 unspecified atom stereocenters. The van der Waals surface area contributed by atoms with Crippen LogP contribution in [0.25, 0.3) is 0 Å². The van der Waals surface area contributed by atoms with Crippen LogP contribution in [0.2, 0.25) is 0 Å². The summed E-state index contributed by atoms with van der Waals surface area (Å²) < 4.78 is 11.4. The molecule has 0 radical (unpaired) electrons. The molecule has 0 N–H and O–H groups in total. The quantitative estimate of drug-likeness (QED) is 0.593. The smallest absolute Gasteiger partial charge is 0.268 e. The summed E-state index contributed by atoms with van der Waals surface area (Å²) in [6.45, 7) is 2.90. The third-order valence-corrected chi connectivity index (χ3v) is 5.52. The van der Waals surface area contributed by atoms with Crippen molar-refractivity contribution in [3.05, 3.63) is 52.2 Å². The Morgan fingerprint density at radius 3 is 2.96 bits per heavy atom. The summed E-state index contributed by atoms with van der Waals surface area (Å²) >= 11 is 1.16. The molecule has 8 heteroatoms. The molecule has 0 aliphatic heterocycles. The Labute approximate surface area is 162 Å². The van der Waals surface area contributed by atoms with Crippen molar-refractivity contribution >= 4 is 17.4 Å². The zero-order valence-electron chi connectivity index (χ0n) is 15.6. The lowest BCUT2D eigenvalue weighted by molar-refractivity contribution is 0.0718. The Kier molecular flexibility index (Phi) is 5.07. The van der Waals surface area contributed by atoms with E-state index in [2.05, 4.69) is 27.7 Å². The highest BCUT2D eigenvalue weighted by Crippen LogP contribution is 2.40. The van der Waals surface area contributed by atoms with Gasteiger partial charge in [-0.05, 0) is 49.0 Å². The summed E-state index contributed by atoms with van der Waals surface area (Å²) in [5.74, 6) is 1.30. The van der Waals surface area contributed by atoms with E-state index in [1.165, 1.54) is 18.5 Å². The Hall–Kier alpha value is -2.48. The summed E-state index contributed by atoms with van der Waals surface area (Å²) in [4.78, 5) is 15.6. The fourth-order valence-corrected chi connectivity index (χ4v) is 3.96. The van der Waals surface area contributed by atoms with E-state index in [0.29, 0.717) is 23.9 Å². The number of aromatic nitrogens is 4. The molecule has 0 atom stereocenters. The minimum Gasteiger partial charge on any atom is -0.467 e. The van der Waals surface area contributed by atoms with E-state index in [0.717, 1.165) is 41.5 Å². The molecule has 3 aromatic rings. The first-order valence-electron chi connectivity index (χ1n) is 9.31. The Morgan fingerprint density at radius 1 is 1.41 bits per heavy atom. The van der Waals surface area contributed by atoms with E-state index in [4.69, 9.17) is 4.42 Å². The van der Waals surface area contributed by atoms with Crippen molar-refractivity contribution in [3.63, 3.8) is 0 Å². The topological polar surface area (TPSA) is 77.1 Å². The molecule has 0 saturated heterocycles. The van der Waals surface area contributed by atoms with Gasteiger partial charge in [0.2, 0.25) is 0 Å². The predicted molar refractivity (Wildman–Crippen MR) is 101 cm³/mol. The van der Waals surface area contributed by atoms with Gasteiger partial charge in [0.25, 0.3) is 5.91 Å². The minimum absolute atomic E-state index is 0.0662. The number of amides is 1. The average molecular weight is 385 g/mol. The van der Waals surface area contributed by atoms with Gasteiger partial charge in [0, 0.05) is 18.7 Å². The Morgan fingerprint density at radius 2 is 2.26 bits per heavy atom. The summed E-state index contributed by atoms with van der Waals surface area (Å²) in [5, 5.41) is 8.77. The van der Waals surface area contributed by atoms with Gasteiger partial charge in [0.15, 0.2) is 0 Å². The summed E-state index contributed by atoms with van der Waals surface area (Å²) in [5.41, 5.74) is 2.92. The van der Waals surface area contributed by atoms with Gasteiger partial charge in [-0.3, -0.25) is 9.48 Å². The van der Waals surface area contributed by atoms with Crippen LogP contribution in [0.15, 0.2) is 28.9 Å². The molecule has 4 rings (SSSR count). The molecule has 1 aliphatic carbocycles. The van der Waals surface area contributed by atoms with Crippen LogP contribution in [-0.2, 0) is 26.6 Å². The third-order valence-electron chi connectivity index (χ3n) is 4.77. The van der Waals surface area contributed by atoms with Gasteiger partial charge in [-0.25, -0.2) is 0 Å². The van der Waals surface area contributed by atoms with Gasteiger partial charge in [0.1, 0.15) is 10.6 Å². The lowest BCUT2D eigenvalue weighted by atomic mass is 10.2. The van der Waals surface area contributed by atoms with Crippen LogP contribution in [0.5, 0.6) is 0 Å². The van der Waals surface area contributed by atoms with Gasteiger partial charge >= 0.3 is 0 Å². The second-order valence-corrected chi connectivity index (χ2v) is 7.75. The molecule has 0 spiro atoms. The number of carbonyl (C=O) groups excluding carboxylic acids is 1. The first-order chi connectivity index (χ1) is 13.2. The lowest BCUT2D eigenvalue weighted by Crippen LogP contribution is -2.30. The minimum atomic E-state index is -0.0662. The highest BCUT2D eigenvalue weighted by molar-refractivity contribution is 7.08. The Balaban J connectivity index is 1.59. The van der Waals surface area contributed by atoms with Crippen molar-refractivity contribution in [2.45, 2.75) is 51.6 Å². The van der Waals surface area contributed by atoms with Crippen LogP contribution >= 0.6 is 11.5 Å². The molecule has 7 nitrogen and oxygen atoms in total. The molecule has 0 aromatic carbocycles. The largest absolute Gasteiger partial charge is 0.467 e. The number of nitrogens with zero attached hydrogens (tertiary/aromatic N) is 5. The molecule has 1 fully saturated rings. The van der Waals surface area contributed by atoms with E-state index in [1.807, 2.05) is 23.9 Å². The van der Waals surface area contributed by atoms with Gasteiger partial charge in [-0.15, -0.1) is 5.10 Å². The van der Waals surface area contributed by atoms with Crippen LogP contribution < -0.4 is 0 Å². The maximum Gasteiger partial charge on any atom is 0.268 e. The van der Waals surface area contributed by atoms with Gasteiger partial charge < -0.3 is 9.32 Å². The van der Waals surface area contributed by atoms with Crippen molar-refractivity contribution < 1.29 is 9.21 Å². The summed E-state index contributed by atoms with van der Waals surface area (Å²) in [6.07, 6.45) is 5.75. The lowest BCUT2D eigenvalue weighted by Gasteiger charge is -2.20. The molecule has 27 heavy (non-hydrogen) atoms. The Bertz CT molecular complexity index is 911. The van der Waals surface area contributed by atoms with Crippen molar-refractivity contribution in [1.29, 1.82) is 0 Å². The van der Waals surface area contributed by atoms with E-state index < -0.39 is 0 Å². The van der Waals surface area contributed by atoms with E-state index in [-0.39, 0.29) is 5.91 Å². The SMILES string of the molecule is CCCc1nnsc1C(=O)N(Cc1cc(C2CC2)n(C)n1)Cc1ccco1. The number of hydrogen-bond donors (Lipinski definition) is 0. The molecule has 142 valence electrons. The average Bonchev–Trinajstić information content (AvgIpc) is 3.04. The third kappa shape index (κ3) is 3.95. The monoisotopic (exact) mass is 385 g/mol. The number of aryl methyl sites for hydroxylation is 2. The molecule has 3 heterocycles. The standard InChI is InChI=1S/C19H23N5O2S/c1-3-5-16-18(27-22-20-16)19(25)24(12-15-6-4-9-26-15)11-14-10-17(13-7-8-13)23(2)21-14/h4,6,9-10,13H,3,5,7-8,11-12H2,1-2H3. The van der Waals surface area contributed by atoms with E-state index in [9.17, 15) is 4.79 Å². The van der Waals surface area contributed by atoms with E-state index >= 15 is 0 Å². The number of rotatable bonds is 8. The number of hydrogen-bond acceptors (Lipinski definition) is 6. The van der Waals surface area contributed by atoms with Crippen LogP contribution in [0.3, 0.4) is 0 Å². The molecule has 3 aromatic heterocycles. The summed E-state index contributed by atoms with van der Waals surface area (Å²) in [6, 6.07) is 5.84. The highest BCUT2D eigenvalue weighted by Gasteiger charge is 2.29. The maximum absolute atomic E-state index is 13.3. The van der Waals surface area contributed by atoms with Crippen LogP contribution in [-0.4, -0.2) is 30.2 Å². The molecule has 1 amide bonds. The fourth-order valence-electron chi connectivity index (χ4n) is 3.28. The zero-order valence-corrected chi connectivity index (χ0v) is 16.4. The molecular weight excluding hydrogens is 362 g/mol. The second kappa shape index (κ2) is 7.64. The fraction of sp³-hybridized carbons (Fsp3) is 0.474. The second-order valence-electron chi connectivity index (χ2n) is 7.00. The van der Waals surface area contributed by atoms with Gasteiger partial charge in [0.05, 0.1) is 30.7 Å². The first kappa shape index (κ1) is 17.9. The van der Waals surface area contributed by atoms with E-state index in [1.54, 1.807) is 11.2 Å². The van der Waals surface area contributed by atoms with Crippen molar-refractivity contribution in [3.8, 4) is 0 Å². The molecular formula is C19H23N5O2S. The van der Waals surface area contributed by atoms with Crippen LogP contribution in [0, 0.1) is 0 Å². The van der Waals surface area contributed by atoms with Gasteiger partial charge in [-0.2, -0.15) is 5.10 Å². The van der Waals surface area contributed by atoms with Crippen molar-refractivity contribution in [2.24, 2.45) is 7.05 Å². The zero-order chi connectivity index (χ0) is 18.8.